The van der Waals surface area contributed by atoms with E-state index in [-0.39, 0.29) is 0 Å². The third kappa shape index (κ3) is 5.27. The van der Waals surface area contributed by atoms with E-state index in [9.17, 15) is 13.2 Å². The lowest BCUT2D eigenvalue weighted by atomic mass is 9.74. The van der Waals surface area contributed by atoms with E-state index < -0.39 is 12.1 Å². The Bertz CT molecular complexity index is 257. The molecule has 0 aromatic carbocycles. The van der Waals surface area contributed by atoms with Crippen molar-refractivity contribution in [2.45, 2.75) is 77.9 Å². The van der Waals surface area contributed by atoms with Crippen LogP contribution < -0.4 is 5.32 Å². The number of nitrogens with one attached hydrogen (secondary N) is 1. The summed E-state index contributed by atoms with van der Waals surface area (Å²) in [5.41, 5.74) is 0. The number of hydrogen-bond donors (Lipinski definition) is 1. The molecule has 0 aliphatic heterocycles. The Morgan fingerprint density at radius 1 is 1.05 bits per heavy atom. The highest BCUT2D eigenvalue weighted by molar-refractivity contribution is 4.86. The van der Waals surface area contributed by atoms with E-state index in [1.54, 1.807) is 0 Å². The number of hydrogen-bond acceptors (Lipinski definition) is 1. The first-order valence-electron chi connectivity index (χ1n) is 8.20. The van der Waals surface area contributed by atoms with Crippen LogP contribution in [0.25, 0.3) is 0 Å². The second-order valence-electron chi connectivity index (χ2n) is 6.40. The zero-order chi connectivity index (χ0) is 15.2. The molecule has 1 aliphatic carbocycles. The summed E-state index contributed by atoms with van der Waals surface area (Å²) in [6, 6.07) is 0.393. The van der Waals surface area contributed by atoms with Crippen molar-refractivity contribution in [3.63, 3.8) is 0 Å². The van der Waals surface area contributed by atoms with Gasteiger partial charge in [-0.15, -0.1) is 0 Å². The Balaban J connectivity index is 2.55. The predicted octanol–water partition coefficient (Wildman–Crippen LogP) is 5.16. The molecule has 1 rings (SSSR count). The number of rotatable bonds is 7. The molecule has 1 nitrogen and oxygen atoms in total. The van der Waals surface area contributed by atoms with Crippen LogP contribution in [-0.4, -0.2) is 18.8 Å². The van der Waals surface area contributed by atoms with Crippen LogP contribution in [0.3, 0.4) is 0 Å². The average molecular weight is 293 g/mol. The van der Waals surface area contributed by atoms with Crippen molar-refractivity contribution < 1.29 is 13.2 Å². The Morgan fingerprint density at radius 2 is 1.65 bits per heavy atom. The number of halogens is 3. The van der Waals surface area contributed by atoms with Crippen molar-refractivity contribution in [3.05, 3.63) is 0 Å². The Labute approximate surface area is 121 Å². The van der Waals surface area contributed by atoms with Crippen molar-refractivity contribution in [1.29, 1.82) is 0 Å². The van der Waals surface area contributed by atoms with Crippen LogP contribution in [0.5, 0.6) is 0 Å². The first-order valence-corrected chi connectivity index (χ1v) is 8.20. The summed E-state index contributed by atoms with van der Waals surface area (Å²) >= 11 is 0. The Kier molecular flexibility index (Phi) is 7.35. The molecule has 1 fully saturated rings. The van der Waals surface area contributed by atoms with Gasteiger partial charge in [-0.2, -0.15) is 13.2 Å². The first kappa shape index (κ1) is 17.8. The summed E-state index contributed by atoms with van der Waals surface area (Å²) in [7, 11) is 0. The van der Waals surface area contributed by atoms with Gasteiger partial charge in [-0.1, -0.05) is 27.2 Å². The maximum absolute atomic E-state index is 12.7. The third-order valence-corrected chi connectivity index (χ3v) is 4.73. The van der Waals surface area contributed by atoms with Gasteiger partial charge in [0.15, 0.2) is 0 Å². The van der Waals surface area contributed by atoms with Crippen LogP contribution >= 0.6 is 0 Å². The second kappa shape index (κ2) is 8.26. The van der Waals surface area contributed by atoms with Gasteiger partial charge in [-0.05, 0) is 56.9 Å². The van der Waals surface area contributed by atoms with Gasteiger partial charge >= 0.3 is 6.18 Å². The fourth-order valence-corrected chi connectivity index (χ4v) is 3.58. The van der Waals surface area contributed by atoms with E-state index >= 15 is 0 Å². The second-order valence-corrected chi connectivity index (χ2v) is 6.40. The van der Waals surface area contributed by atoms with Crippen LogP contribution in [0.1, 0.15) is 65.7 Å². The fourth-order valence-electron chi connectivity index (χ4n) is 3.58. The maximum Gasteiger partial charge on any atom is 0.391 e. The molecule has 1 saturated carbocycles. The summed E-state index contributed by atoms with van der Waals surface area (Å²) in [4.78, 5) is 0. The lowest BCUT2D eigenvalue weighted by molar-refractivity contribution is -0.184. The van der Waals surface area contributed by atoms with Crippen LogP contribution in [0.4, 0.5) is 13.2 Å². The lowest BCUT2D eigenvalue weighted by Crippen LogP contribution is -2.44. The van der Waals surface area contributed by atoms with Gasteiger partial charge in [0.25, 0.3) is 0 Å². The van der Waals surface area contributed by atoms with Gasteiger partial charge in [-0.3, -0.25) is 0 Å². The van der Waals surface area contributed by atoms with Crippen LogP contribution in [0.15, 0.2) is 0 Å². The molecule has 1 N–H and O–H groups in total. The summed E-state index contributed by atoms with van der Waals surface area (Å²) in [6.07, 6.45) is 1.46. The third-order valence-electron chi connectivity index (χ3n) is 4.73. The van der Waals surface area contributed by atoms with Gasteiger partial charge in [0.1, 0.15) is 0 Å². The molecule has 0 saturated heterocycles. The molecule has 1 aliphatic rings. The summed E-state index contributed by atoms with van der Waals surface area (Å²) < 4.78 is 38.2. The van der Waals surface area contributed by atoms with Crippen LogP contribution in [0, 0.1) is 17.8 Å². The van der Waals surface area contributed by atoms with Crippen molar-refractivity contribution in [1.82, 2.24) is 5.32 Å². The van der Waals surface area contributed by atoms with Gasteiger partial charge in [0.2, 0.25) is 0 Å². The van der Waals surface area contributed by atoms with Gasteiger partial charge < -0.3 is 5.32 Å². The van der Waals surface area contributed by atoms with E-state index in [1.807, 2.05) is 0 Å². The van der Waals surface area contributed by atoms with Gasteiger partial charge in [0.05, 0.1) is 5.92 Å². The summed E-state index contributed by atoms with van der Waals surface area (Å²) in [5.74, 6) is -0.0901. The van der Waals surface area contributed by atoms with Gasteiger partial charge in [-0.25, -0.2) is 0 Å². The molecule has 2 atom stereocenters. The molecule has 4 heteroatoms. The van der Waals surface area contributed by atoms with Crippen molar-refractivity contribution >= 4 is 0 Å². The highest BCUT2D eigenvalue weighted by atomic mass is 19.4. The highest BCUT2D eigenvalue weighted by Gasteiger charge is 2.42. The Morgan fingerprint density at radius 3 is 2.10 bits per heavy atom. The van der Waals surface area contributed by atoms with E-state index in [2.05, 4.69) is 26.1 Å². The molecule has 0 aromatic rings. The standard InChI is InChI=1S/C16H30F3N/c1-4-6-12(3)15(20-11-5-2)13-7-9-14(10-8-13)16(17,18)19/h12-15,20H,4-11H2,1-3H3. The molecule has 0 aromatic heterocycles. The minimum atomic E-state index is -3.99. The zero-order valence-electron chi connectivity index (χ0n) is 13.1. The summed E-state index contributed by atoms with van der Waals surface area (Å²) in [6.45, 7) is 7.52. The minimum absolute atomic E-state index is 0.317. The molecule has 20 heavy (non-hydrogen) atoms. The average Bonchev–Trinajstić information content (AvgIpc) is 2.39. The maximum atomic E-state index is 12.7. The van der Waals surface area contributed by atoms with Crippen molar-refractivity contribution in [3.8, 4) is 0 Å². The van der Waals surface area contributed by atoms with Crippen LogP contribution in [0.2, 0.25) is 0 Å². The Hall–Kier alpha value is -0.250. The van der Waals surface area contributed by atoms with E-state index in [1.165, 1.54) is 0 Å². The SMILES string of the molecule is CCCNC(C(C)CCC)C1CCC(C(F)(F)F)CC1. The number of alkyl halides is 3. The minimum Gasteiger partial charge on any atom is -0.313 e. The molecule has 0 spiro atoms. The van der Waals surface area contributed by atoms with Crippen molar-refractivity contribution in [2.75, 3.05) is 6.54 Å². The smallest absolute Gasteiger partial charge is 0.313 e. The topological polar surface area (TPSA) is 12.0 Å². The molecular formula is C16H30F3N. The molecule has 0 amide bonds. The molecule has 2 unspecified atom stereocenters. The normalized spacial score (nSPS) is 27.3. The van der Waals surface area contributed by atoms with E-state index in [0.717, 1.165) is 38.6 Å². The van der Waals surface area contributed by atoms with Crippen molar-refractivity contribution in [2.24, 2.45) is 17.8 Å². The quantitative estimate of drug-likeness (QED) is 0.683. The first-order chi connectivity index (χ1) is 9.40. The molecule has 120 valence electrons. The molecular weight excluding hydrogens is 263 g/mol. The highest BCUT2D eigenvalue weighted by Crippen LogP contribution is 2.41. The predicted molar refractivity (Wildman–Crippen MR) is 77.7 cm³/mol. The summed E-state index contributed by atoms with van der Waals surface area (Å²) in [5, 5.41) is 3.60. The van der Waals surface area contributed by atoms with E-state index in [4.69, 9.17) is 0 Å². The monoisotopic (exact) mass is 293 g/mol. The largest absolute Gasteiger partial charge is 0.391 e. The zero-order valence-corrected chi connectivity index (χ0v) is 13.1. The fraction of sp³-hybridized carbons (Fsp3) is 1.00. The molecule has 0 heterocycles. The van der Waals surface area contributed by atoms with E-state index in [0.29, 0.717) is 30.7 Å². The molecule has 0 bridgehead atoms. The lowest BCUT2D eigenvalue weighted by Gasteiger charge is -2.38. The molecule has 0 radical (unpaired) electrons. The van der Waals surface area contributed by atoms with Crippen LogP contribution in [-0.2, 0) is 0 Å². The van der Waals surface area contributed by atoms with Gasteiger partial charge in [0, 0.05) is 6.04 Å².